The molecule has 3 heterocycles. The molecule has 0 spiro atoms. The molecule has 1 saturated carbocycles. The van der Waals surface area contributed by atoms with Gasteiger partial charge in [-0.3, -0.25) is 0 Å². The van der Waals surface area contributed by atoms with Crippen molar-refractivity contribution in [3.63, 3.8) is 0 Å². The zero-order chi connectivity index (χ0) is 42.1. The van der Waals surface area contributed by atoms with Crippen LogP contribution in [-0.4, -0.2) is 176 Å². The highest BCUT2D eigenvalue weighted by Crippen LogP contribution is 2.43. The molecule has 0 aromatic heterocycles. The Labute approximate surface area is 352 Å². The summed E-state index contributed by atoms with van der Waals surface area (Å²) in [5.41, 5.74) is 0.462. The largest absolute Gasteiger partial charge is 0.441 e. The van der Waals surface area contributed by atoms with E-state index in [0.29, 0.717) is 105 Å². The lowest BCUT2D eigenvalue weighted by Gasteiger charge is -2.40. The van der Waals surface area contributed by atoms with Gasteiger partial charge in [-0.1, -0.05) is 34.1 Å². The van der Waals surface area contributed by atoms with Gasteiger partial charge < -0.3 is 72.2 Å². The van der Waals surface area contributed by atoms with Crippen LogP contribution in [0.2, 0.25) is 0 Å². The normalized spacial score (nSPS) is 20.5. The summed E-state index contributed by atoms with van der Waals surface area (Å²) in [6.07, 6.45) is 4.92. The molecule has 2 atom stereocenters. The van der Waals surface area contributed by atoms with E-state index in [0.717, 1.165) is 45.5 Å². The molecule has 344 valence electrons. The second kappa shape index (κ2) is 27.2. The smallest absolute Gasteiger partial charge is 0.408 e. The summed E-state index contributed by atoms with van der Waals surface area (Å²) in [5.74, 6) is 0. The molecule has 2 N–H and O–H groups in total. The van der Waals surface area contributed by atoms with Crippen LogP contribution >= 0.6 is 0 Å². The SMILES string of the molecule is CCC1(COCCOCCOCC(COCC2(CC)COC2)OC(=O)NCNC(=O)OC(COCCOCCOCC2(CC)COC2)COCC2(CC)COC2)CCC1. The van der Waals surface area contributed by atoms with Crippen LogP contribution in [0.5, 0.6) is 0 Å². The van der Waals surface area contributed by atoms with Gasteiger partial charge in [-0.2, -0.15) is 0 Å². The first-order valence-electron chi connectivity index (χ1n) is 22.0. The van der Waals surface area contributed by atoms with Gasteiger partial charge >= 0.3 is 12.2 Å². The van der Waals surface area contributed by atoms with Crippen molar-refractivity contribution in [1.82, 2.24) is 10.6 Å². The van der Waals surface area contributed by atoms with Crippen molar-refractivity contribution in [3.05, 3.63) is 0 Å². The van der Waals surface area contributed by atoms with Gasteiger partial charge in [-0.15, -0.1) is 0 Å². The lowest BCUT2D eigenvalue weighted by Crippen LogP contribution is -2.47. The van der Waals surface area contributed by atoms with Gasteiger partial charge in [0.2, 0.25) is 0 Å². The van der Waals surface area contributed by atoms with Gasteiger partial charge in [-0.25, -0.2) is 9.59 Å². The summed E-state index contributed by atoms with van der Waals surface area (Å²) in [5, 5.41) is 5.08. The van der Waals surface area contributed by atoms with E-state index in [-0.39, 0.29) is 49.3 Å². The van der Waals surface area contributed by atoms with E-state index in [1.54, 1.807) is 0 Å². The Morgan fingerprint density at radius 1 is 0.458 bits per heavy atom. The third-order valence-electron chi connectivity index (χ3n) is 12.2. The Morgan fingerprint density at radius 2 is 0.780 bits per heavy atom. The van der Waals surface area contributed by atoms with Crippen LogP contribution < -0.4 is 10.6 Å². The van der Waals surface area contributed by atoms with Crippen molar-refractivity contribution in [1.29, 1.82) is 0 Å². The first kappa shape index (κ1) is 49.8. The van der Waals surface area contributed by atoms with E-state index in [2.05, 4.69) is 38.3 Å². The molecular formula is C42H76N2O15. The summed E-state index contributed by atoms with van der Waals surface area (Å²) in [7, 11) is 0. The molecule has 17 nitrogen and oxygen atoms in total. The number of nitrogens with one attached hydrogen (secondary N) is 2. The molecule has 59 heavy (non-hydrogen) atoms. The third kappa shape index (κ3) is 17.8. The summed E-state index contributed by atoms with van der Waals surface area (Å²) in [6, 6.07) is 0. The maximum atomic E-state index is 12.8. The van der Waals surface area contributed by atoms with Crippen LogP contribution in [0.1, 0.15) is 72.6 Å². The summed E-state index contributed by atoms with van der Waals surface area (Å²) < 4.78 is 73.8. The van der Waals surface area contributed by atoms with Crippen molar-refractivity contribution < 1.29 is 71.2 Å². The average Bonchev–Trinajstić information content (AvgIpc) is 3.17. The number of hydrogen-bond donors (Lipinski definition) is 2. The van der Waals surface area contributed by atoms with Crippen molar-refractivity contribution >= 4 is 12.2 Å². The minimum Gasteiger partial charge on any atom is -0.441 e. The zero-order valence-electron chi connectivity index (χ0n) is 36.5. The van der Waals surface area contributed by atoms with Crippen molar-refractivity contribution in [2.45, 2.75) is 84.8 Å². The molecule has 3 aliphatic heterocycles. The van der Waals surface area contributed by atoms with E-state index in [4.69, 9.17) is 61.6 Å². The second-order valence-electron chi connectivity index (χ2n) is 16.8. The molecule has 4 aliphatic rings. The van der Waals surface area contributed by atoms with Gasteiger partial charge in [-0.05, 0) is 43.9 Å². The van der Waals surface area contributed by atoms with Gasteiger partial charge in [0, 0.05) is 16.2 Å². The fraction of sp³-hybridized carbons (Fsp3) is 0.952. The fourth-order valence-electron chi connectivity index (χ4n) is 6.92. The summed E-state index contributed by atoms with van der Waals surface area (Å²) >= 11 is 0. The highest BCUT2D eigenvalue weighted by molar-refractivity contribution is 5.70. The van der Waals surface area contributed by atoms with E-state index >= 15 is 0 Å². The summed E-state index contributed by atoms with van der Waals surface area (Å²) in [4.78, 5) is 25.6. The monoisotopic (exact) mass is 849 g/mol. The number of carbonyl (C=O) groups excluding carboxylic acids is 2. The molecule has 4 fully saturated rings. The van der Waals surface area contributed by atoms with Crippen LogP contribution in [0.3, 0.4) is 0 Å². The maximum absolute atomic E-state index is 12.8. The lowest BCUT2D eigenvalue weighted by atomic mass is 9.68. The van der Waals surface area contributed by atoms with Crippen LogP contribution in [0, 0.1) is 21.7 Å². The molecule has 17 heteroatoms. The van der Waals surface area contributed by atoms with E-state index in [1.807, 2.05) is 0 Å². The van der Waals surface area contributed by atoms with Gasteiger partial charge in [0.25, 0.3) is 0 Å². The van der Waals surface area contributed by atoms with E-state index < -0.39 is 24.4 Å². The first-order valence-corrected chi connectivity index (χ1v) is 22.0. The van der Waals surface area contributed by atoms with Gasteiger partial charge in [0.15, 0.2) is 12.2 Å². The molecule has 0 aromatic carbocycles. The molecule has 1 aliphatic carbocycles. The molecular weight excluding hydrogens is 772 g/mol. The number of rotatable bonds is 36. The van der Waals surface area contributed by atoms with Crippen LogP contribution in [0.25, 0.3) is 0 Å². The molecule has 0 radical (unpaired) electrons. The maximum Gasteiger partial charge on any atom is 0.408 e. The highest BCUT2D eigenvalue weighted by atomic mass is 16.6. The number of hydrogen-bond acceptors (Lipinski definition) is 15. The predicted molar refractivity (Wildman–Crippen MR) is 215 cm³/mol. The van der Waals surface area contributed by atoms with Gasteiger partial charge in [0.1, 0.15) is 0 Å². The number of carbonyl (C=O) groups is 2. The Balaban J connectivity index is 1.10. The Hall–Kier alpha value is -1.90. The Bertz CT molecular complexity index is 1040. The van der Waals surface area contributed by atoms with Crippen LogP contribution in [-0.2, 0) is 61.6 Å². The van der Waals surface area contributed by atoms with Crippen LogP contribution in [0.15, 0.2) is 0 Å². The quantitative estimate of drug-likeness (QED) is 0.0679. The minimum absolute atomic E-state index is 0.0209. The van der Waals surface area contributed by atoms with Crippen molar-refractivity contribution in [2.24, 2.45) is 21.7 Å². The predicted octanol–water partition coefficient (Wildman–Crippen LogP) is 4.13. The third-order valence-corrected chi connectivity index (χ3v) is 12.2. The standard InChI is InChI=1S/C42H76N2O15/c1-5-39(10-9-11-39)24-51-18-14-47-12-16-49-20-35(22-53-26-41(7-3)30-56-31-41)58-37(45)43-34-44-38(46)59-36(23-54-27-42(8-4)32-57-33-42)21-50-17-13-48-15-19-52-25-40(6-2)28-55-29-40/h35-36H,5-34H2,1-4H3,(H,43,45)(H,44,46). The number of alkyl carbamates (subject to hydrolysis) is 2. The van der Waals surface area contributed by atoms with Crippen LogP contribution in [0.4, 0.5) is 9.59 Å². The number of amides is 2. The average molecular weight is 849 g/mol. The highest BCUT2D eigenvalue weighted by Gasteiger charge is 2.39. The minimum atomic E-state index is -0.746. The molecule has 2 unspecified atom stereocenters. The molecule has 0 bridgehead atoms. The van der Waals surface area contributed by atoms with E-state index in [9.17, 15) is 9.59 Å². The topological polar surface area (TPSA) is 178 Å². The van der Waals surface area contributed by atoms with E-state index in [1.165, 1.54) is 19.3 Å². The second-order valence-corrected chi connectivity index (χ2v) is 16.8. The number of ether oxygens (including phenoxy) is 13. The zero-order valence-corrected chi connectivity index (χ0v) is 36.5. The molecule has 0 aromatic rings. The molecule has 4 rings (SSSR count). The molecule has 2 amide bonds. The first-order chi connectivity index (χ1) is 28.7. The molecule has 3 saturated heterocycles. The van der Waals surface area contributed by atoms with Crippen molar-refractivity contribution in [2.75, 3.05) is 152 Å². The Kier molecular flexibility index (Phi) is 23.0. The lowest BCUT2D eigenvalue weighted by molar-refractivity contribution is -0.158. The Morgan fingerprint density at radius 3 is 1.10 bits per heavy atom. The van der Waals surface area contributed by atoms with Gasteiger partial charge in [0.05, 0.1) is 152 Å². The van der Waals surface area contributed by atoms with Crippen molar-refractivity contribution in [3.8, 4) is 0 Å². The summed E-state index contributed by atoms with van der Waals surface area (Å²) in [6.45, 7) is 18.7. The fourth-order valence-corrected chi connectivity index (χ4v) is 6.92.